The Labute approximate surface area is 207 Å². The van der Waals surface area contributed by atoms with Gasteiger partial charge in [-0.15, -0.1) is 23.5 Å². The third kappa shape index (κ3) is 6.31. The van der Waals surface area contributed by atoms with Crippen molar-refractivity contribution in [3.63, 3.8) is 0 Å². The number of carboxylic acids is 2. The molecule has 0 spiro atoms. The van der Waals surface area contributed by atoms with E-state index in [1.54, 1.807) is 12.1 Å². The molecule has 0 fully saturated rings. The fraction of sp³-hybridized carbons (Fsp3) is 0.0714. The first-order valence-corrected chi connectivity index (χ1v) is 12.8. The van der Waals surface area contributed by atoms with Crippen LogP contribution in [0.3, 0.4) is 0 Å². The van der Waals surface area contributed by atoms with Crippen molar-refractivity contribution < 1.29 is 19.8 Å². The molecule has 0 aliphatic carbocycles. The quantitative estimate of drug-likeness (QED) is 0.273. The number of carbonyl (C=O) groups is 2. The average molecular weight is 489 g/mol. The van der Waals surface area contributed by atoms with Gasteiger partial charge in [-0.1, -0.05) is 72.8 Å². The fourth-order valence-corrected chi connectivity index (χ4v) is 4.60. The molecule has 4 aromatic carbocycles. The molecule has 4 nitrogen and oxygen atoms in total. The Bertz CT molecular complexity index is 1170. The minimum atomic E-state index is -0.881. The van der Waals surface area contributed by atoms with Crippen LogP contribution < -0.4 is 0 Å². The molecule has 0 aromatic heterocycles. The van der Waals surface area contributed by atoms with Gasteiger partial charge < -0.3 is 10.2 Å². The summed E-state index contributed by atoms with van der Waals surface area (Å²) >= 11 is 2.90. The summed E-state index contributed by atoms with van der Waals surface area (Å²) in [7, 11) is 0. The molecule has 0 unspecified atom stereocenters. The first-order valence-electron chi connectivity index (χ1n) is 10.4. The fourth-order valence-electron chi connectivity index (χ4n) is 3.36. The molecule has 0 amide bonds. The molecular formula is C28H24O4S2. The van der Waals surface area contributed by atoms with Crippen molar-refractivity contribution in [3.8, 4) is 22.3 Å². The predicted octanol–water partition coefficient (Wildman–Crippen LogP) is 7.55. The molecule has 0 saturated heterocycles. The van der Waals surface area contributed by atoms with Crippen LogP contribution in [-0.4, -0.2) is 34.7 Å². The lowest BCUT2D eigenvalue weighted by atomic mass is 10.0. The van der Waals surface area contributed by atoms with Crippen molar-refractivity contribution in [2.75, 3.05) is 12.5 Å². The molecule has 172 valence electrons. The van der Waals surface area contributed by atoms with Gasteiger partial charge in [0.2, 0.25) is 0 Å². The van der Waals surface area contributed by atoms with E-state index in [1.807, 2.05) is 97.4 Å². The van der Waals surface area contributed by atoms with Crippen molar-refractivity contribution in [1.29, 1.82) is 0 Å². The lowest BCUT2D eigenvalue weighted by Gasteiger charge is -2.07. The summed E-state index contributed by atoms with van der Waals surface area (Å²) in [5, 5.41) is 18.1. The van der Waals surface area contributed by atoms with Gasteiger partial charge in [0.05, 0.1) is 11.1 Å². The van der Waals surface area contributed by atoms with Crippen LogP contribution in [0.1, 0.15) is 20.7 Å². The van der Waals surface area contributed by atoms with Crippen LogP contribution in [0, 0.1) is 0 Å². The SMILES string of the molecule is CSc1cc(-c2ccccc2)ccc1C(=O)O.CSc1cc(-c2ccccc2)ccc1C(=O)O. The van der Waals surface area contributed by atoms with E-state index >= 15 is 0 Å². The Morgan fingerprint density at radius 1 is 0.529 bits per heavy atom. The van der Waals surface area contributed by atoms with E-state index in [2.05, 4.69) is 0 Å². The van der Waals surface area contributed by atoms with E-state index in [1.165, 1.54) is 23.5 Å². The first kappa shape index (κ1) is 25.1. The van der Waals surface area contributed by atoms with Gasteiger partial charge in [0.25, 0.3) is 0 Å². The van der Waals surface area contributed by atoms with Gasteiger partial charge >= 0.3 is 11.9 Å². The maximum Gasteiger partial charge on any atom is 0.336 e. The molecule has 0 aliphatic rings. The van der Waals surface area contributed by atoms with Crippen LogP contribution in [0.25, 0.3) is 22.3 Å². The van der Waals surface area contributed by atoms with E-state index in [4.69, 9.17) is 10.2 Å². The third-order valence-electron chi connectivity index (χ3n) is 5.08. The molecule has 0 radical (unpaired) electrons. The summed E-state index contributed by atoms with van der Waals surface area (Å²) < 4.78 is 0. The second-order valence-electron chi connectivity index (χ2n) is 7.17. The van der Waals surface area contributed by atoms with Crippen molar-refractivity contribution >= 4 is 35.5 Å². The number of thioether (sulfide) groups is 2. The van der Waals surface area contributed by atoms with E-state index < -0.39 is 11.9 Å². The highest BCUT2D eigenvalue weighted by Gasteiger charge is 2.11. The summed E-state index contributed by atoms with van der Waals surface area (Å²) in [6, 6.07) is 30.7. The highest BCUT2D eigenvalue weighted by atomic mass is 32.2. The summed E-state index contributed by atoms with van der Waals surface area (Å²) in [4.78, 5) is 23.6. The molecule has 34 heavy (non-hydrogen) atoms. The summed E-state index contributed by atoms with van der Waals surface area (Å²) in [5.74, 6) is -1.76. The standard InChI is InChI=1S/2C14H12O2S/c2*1-17-13-9-11(7-8-12(13)14(15)16)10-5-3-2-4-6-10/h2*2-9H,1H3,(H,15,16). The minimum absolute atomic E-state index is 0.359. The highest BCUT2D eigenvalue weighted by molar-refractivity contribution is 7.99. The number of carboxylic acid groups (broad SMARTS) is 2. The molecule has 4 rings (SSSR count). The van der Waals surface area contributed by atoms with Gasteiger partial charge in [0, 0.05) is 9.79 Å². The lowest BCUT2D eigenvalue weighted by Crippen LogP contribution is -1.98. The van der Waals surface area contributed by atoms with Crippen molar-refractivity contribution in [3.05, 3.63) is 108 Å². The van der Waals surface area contributed by atoms with E-state index in [0.717, 1.165) is 32.0 Å². The molecule has 6 heteroatoms. The van der Waals surface area contributed by atoms with E-state index in [-0.39, 0.29) is 0 Å². The normalized spacial score (nSPS) is 10.2. The number of hydrogen-bond acceptors (Lipinski definition) is 4. The third-order valence-corrected chi connectivity index (χ3v) is 6.63. The Morgan fingerprint density at radius 3 is 1.18 bits per heavy atom. The van der Waals surface area contributed by atoms with Gasteiger partial charge in [0.15, 0.2) is 0 Å². The van der Waals surface area contributed by atoms with Crippen LogP contribution in [0.5, 0.6) is 0 Å². The van der Waals surface area contributed by atoms with Crippen LogP contribution >= 0.6 is 23.5 Å². The number of rotatable bonds is 6. The summed E-state index contributed by atoms with van der Waals surface area (Å²) in [5.41, 5.74) is 4.99. The Morgan fingerprint density at radius 2 is 0.882 bits per heavy atom. The number of aromatic carboxylic acids is 2. The first-order chi connectivity index (χ1) is 16.4. The monoisotopic (exact) mass is 488 g/mol. The molecule has 0 atom stereocenters. The van der Waals surface area contributed by atoms with Crippen molar-refractivity contribution in [2.24, 2.45) is 0 Å². The zero-order valence-electron chi connectivity index (χ0n) is 18.8. The zero-order chi connectivity index (χ0) is 24.5. The van der Waals surface area contributed by atoms with Crippen molar-refractivity contribution in [1.82, 2.24) is 0 Å². The predicted molar refractivity (Wildman–Crippen MR) is 141 cm³/mol. The zero-order valence-corrected chi connectivity index (χ0v) is 20.4. The summed E-state index contributed by atoms with van der Waals surface area (Å²) in [6.07, 6.45) is 3.77. The molecule has 0 saturated carbocycles. The Kier molecular flexibility index (Phi) is 8.96. The van der Waals surface area contributed by atoms with Gasteiger partial charge in [-0.05, 0) is 59.0 Å². The van der Waals surface area contributed by atoms with Gasteiger partial charge in [-0.3, -0.25) is 0 Å². The Hall–Kier alpha value is -3.48. The van der Waals surface area contributed by atoms with Crippen LogP contribution in [0.2, 0.25) is 0 Å². The average Bonchev–Trinajstić information content (AvgIpc) is 2.89. The molecule has 4 aromatic rings. The van der Waals surface area contributed by atoms with Crippen LogP contribution in [-0.2, 0) is 0 Å². The van der Waals surface area contributed by atoms with Crippen LogP contribution in [0.15, 0.2) is 107 Å². The van der Waals surface area contributed by atoms with Gasteiger partial charge in [0.1, 0.15) is 0 Å². The topological polar surface area (TPSA) is 74.6 Å². The minimum Gasteiger partial charge on any atom is -0.478 e. The molecule has 0 aliphatic heterocycles. The lowest BCUT2D eigenvalue weighted by molar-refractivity contribution is 0.0682. The molecular weight excluding hydrogens is 464 g/mol. The second kappa shape index (κ2) is 12.1. The van der Waals surface area contributed by atoms with Crippen LogP contribution in [0.4, 0.5) is 0 Å². The Balaban J connectivity index is 0.000000191. The molecule has 2 N–H and O–H groups in total. The maximum atomic E-state index is 11.0. The van der Waals surface area contributed by atoms with Gasteiger partial charge in [-0.2, -0.15) is 0 Å². The molecule has 0 heterocycles. The largest absolute Gasteiger partial charge is 0.478 e. The van der Waals surface area contributed by atoms with E-state index in [0.29, 0.717) is 11.1 Å². The van der Waals surface area contributed by atoms with Crippen molar-refractivity contribution in [2.45, 2.75) is 9.79 Å². The number of benzene rings is 4. The smallest absolute Gasteiger partial charge is 0.336 e. The van der Waals surface area contributed by atoms with Gasteiger partial charge in [-0.25, -0.2) is 9.59 Å². The number of hydrogen-bond donors (Lipinski definition) is 2. The summed E-state index contributed by atoms with van der Waals surface area (Å²) in [6.45, 7) is 0. The highest BCUT2D eigenvalue weighted by Crippen LogP contribution is 2.29. The maximum absolute atomic E-state index is 11.0. The molecule has 0 bridgehead atoms. The second-order valence-corrected chi connectivity index (χ2v) is 8.87. The van der Waals surface area contributed by atoms with E-state index in [9.17, 15) is 9.59 Å².